The minimum Gasteiger partial charge on any atom is -0.417 e. The van der Waals surface area contributed by atoms with Crippen LogP contribution in [0.3, 0.4) is 0 Å². The Morgan fingerprint density at radius 3 is 2.00 bits per heavy atom. The molecule has 0 bridgehead atoms. The lowest BCUT2D eigenvalue weighted by atomic mass is 9.96. The summed E-state index contributed by atoms with van der Waals surface area (Å²) in [6.07, 6.45) is 0. The van der Waals surface area contributed by atoms with Gasteiger partial charge in [-0.1, -0.05) is 67.2 Å². The average Bonchev–Trinajstić information content (AvgIpc) is 2.55. The first kappa shape index (κ1) is 15.7. The molecule has 0 fully saturated rings. The minimum atomic E-state index is -2.39. The Morgan fingerprint density at radius 1 is 1.00 bits per heavy atom. The van der Waals surface area contributed by atoms with Gasteiger partial charge in [-0.15, -0.1) is 0 Å². The molecule has 0 aliphatic rings. The summed E-state index contributed by atoms with van der Waals surface area (Å²) in [6.45, 7) is 4.91. The number of esters is 1. The lowest BCUT2D eigenvalue weighted by molar-refractivity contribution is -0.189. The molecule has 0 aliphatic carbocycles. The monoisotopic (exact) mass is 296 g/mol. The van der Waals surface area contributed by atoms with Gasteiger partial charge in [-0.2, -0.15) is 0 Å². The fourth-order valence-electron chi connectivity index (χ4n) is 1.91. The molecule has 0 aromatic heterocycles. The molecule has 0 aliphatic heterocycles. The van der Waals surface area contributed by atoms with Crippen molar-refractivity contribution in [2.24, 2.45) is 0 Å². The van der Waals surface area contributed by atoms with Crippen LogP contribution in [-0.2, 0) is 15.3 Å². The van der Waals surface area contributed by atoms with Crippen LogP contribution in [0, 0.1) is 0 Å². The van der Waals surface area contributed by atoms with E-state index < -0.39 is 17.5 Å². The highest BCUT2D eigenvalue weighted by Crippen LogP contribution is 2.28. The van der Waals surface area contributed by atoms with Gasteiger partial charge < -0.3 is 9.84 Å². The molecule has 0 saturated carbocycles. The number of ketones is 1. The predicted octanol–water partition coefficient (Wildman–Crippen LogP) is 2.83. The zero-order valence-electron chi connectivity index (χ0n) is 12.2. The fraction of sp³-hybridized carbons (Fsp3) is 0.111. The number of benzene rings is 2. The number of rotatable bonds is 5. The Balaban J connectivity index is 2.48. The molecule has 1 N–H and O–H groups in total. The molecular weight excluding hydrogens is 280 g/mol. The standard InChI is InChI=1S/C18H16O4/c1-13(2)17(20)22-18(21,15-11-7-4-8-12-15)16(19)14-9-5-3-6-10-14/h3-12,21H,1H2,2H3. The summed E-state index contributed by atoms with van der Waals surface area (Å²) < 4.78 is 5.07. The first-order valence-corrected chi connectivity index (χ1v) is 6.72. The van der Waals surface area contributed by atoms with Gasteiger partial charge in [0.25, 0.3) is 0 Å². The smallest absolute Gasteiger partial charge is 0.336 e. The van der Waals surface area contributed by atoms with Gasteiger partial charge in [0.05, 0.1) is 0 Å². The van der Waals surface area contributed by atoms with Gasteiger partial charge in [0.15, 0.2) is 0 Å². The number of hydrogen-bond acceptors (Lipinski definition) is 4. The van der Waals surface area contributed by atoms with Crippen molar-refractivity contribution in [1.29, 1.82) is 0 Å². The topological polar surface area (TPSA) is 63.6 Å². The van der Waals surface area contributed by atoms with Crippen molar-refractivity contribution in [2.45, 2.75) is 12.7 Å². The van der Waals surface area contributed by atoms with Crippen molar-refractivity contribution in [3.63, 3.8) is 0 Å². The van der Waals surface area contributed by atoms with E-state index in [0.29, 0.717) is 0 Å². The molecule has 0 saturated heterocycles. The van der Waals surface area contributed by atoms with Gasteiger partial charge in [-0.05, 0) is 6.92 Å². The van der Waals surface area contributed by atoms with E-state index in [2.05, 4.69) is 6.58 Å². The maximum Gasteiger partial charge on any atom is 0.336 e. The van der Waals surface area contributed by atoms with Crippen molar-refractivity contribution >= 4 is 11.8 Å². The largest absolute Gasteiger partial charge is 0.417 e. The number of aliphatic hydroxyl groups is 1. The first-order valence-electron chi connectivity index (χ1n) is 6.72. The van der Waals surface area contributed by atoms with Crippen LogP contribution in [0.2, 0.25) is 0 Å². The molecule has 2 aromatic carbocycles. The highest BCUT2D eigenvalue weighted by molar-refractivity contribution is 6.03. The molecule has 22 heavy (non-hydrogen) atoms. The van der Waals surface area contributed by atoms with Crippen LogP contribution in [-0.4, -0.2) is 16.9 Å². The molecule has 2 aromatic rings. The Kier molecular flexibility index (Phi) is 4.53. The lowest BCUT2D eigenvalue weighted by Crippen LogP contribution is -2.40. The van der Waals surface area contributed by atoms with E-state index in [1.54, 1.807) is 48.5 Å². The highest BCUT2D eigenvalue weighted by atomic mass is 16.7. The summed E-state index contributed by atoms with van der Waals surface area (Å²) in [5, 5.41) is 10.8. The van der Waals surface area contributed by atoms with Gasteiger partial charge in [0.2, 0.25) is 5.78 Å². The number of carbonyl (C=O) groups excluding carboxylic acids is 2. The van der Waals surface area contributed by atoms with Crippen LogP contribution < -0.4 is 0 Å². The molecule has 0 spiro atoms. The summed E-state index contributed by atoms with van der Waals surface area (Å²) >= 11 is 0. The first-order chi connectivity index (χ1) is 10.4. The number of Topliss-reactive ketones (excluding diaryl/α,β-unsaturated/α-hetero) is 1. The van der Waals surface area contributed by atoms with Gasteiger partial charge in [0, 0.05) is 16.7 Å². The van der Waals surface area contributed by atoms with Crippen molar-refractivity contribution in [2.75, 3.05) is 0 Å². The van der Waals surface area contributed by atoms with Gasteiger partial charge in [-0.25, -0.2) is 4.79 Å². The van der Waals surface area contributed by atoms with Crippen molar-refractivity contribution in [1.82, 2.24) is 0 Å². The third-order valence-electron chi connectivity index (χ3n) is 3.10. The third-order valence-corrected chi connectivity index (χ3v) is 3.10. The van der Waals surface area contributed by atoms with Crippen LogP contribution in [0.4, 0.5) is 0 Å². The van der Waals surface area contributed by atoms with Gasteiger partial charge in [-0.3, -0.25) is 4.79 Å². The molecule has 112 valence electrons. The molecule has 0 amide bonds. The Labute approximate surface area is 128 Å². The van der Waals surface area contributed by atoms with Crippen LogP contribution in [0.15, 0.2) is 72.8 Å². The van der Waals surface area contributed by atoms with E-state index in [4.69, 9.17) is 4.74 Å². The van der Waals surface area contributed by atoms with Crippen LogP contribution in [0.25, 0.3) is 0 Å². The normalized spacial score (nSPS) is 13.0. The Hall–Kier alpha value is -2.72. The predicted molar refractivity (Wildman–Crippen MR) is 82.0 cm³/mol. The number of ether oxygens (including phenoxy) is 1. The molecular formula is C18H16O4. The number of carbonyl (C=O) groups is 2. The molecule has 1 atom stereocenters. The maximum atomic E-state index is 12.7. The SMILES string of the molecule is C=C(C)C(=O)OC(O)(C(=O)c1ccccc1)c1ccccc1. The summed E-state index contributed by atoms with van der Waals surface area (Å²) in [6, 6.07) is 16.2. The van der Waals surface area contributed by atoms with E-state index in [-0.39, 0.29) is 16.7 Å². The fourth-order valence-corrected chi connectivity index (χ4v) is 1.91. The van der Waals surface area contributed by atoms with Crippen molar-refractivity contribution < 1.29 is 19.4 Å². The second-order valence-electron chi connectivity index (χ2n) is 4.88. The summed E-state index contributed by atoms with van der Waals surface area (Å²) in [5.41, 5.74) is 0.511. The number of hydrogen-bond donors (Lipinski definition) is 1. The summed E-state index contributed by atoms with van der Waals surface area (Å²) in [7, 11) is 0. The Bertz CT molecular complexity index is 692. The van der Waals surface area contributed by atoms with Crippen LogP contribution in [0.1, 0.15) is 22.8 Å². The van der Waals surface area contributed by atoms with E-state index in [9.17, 15) is 14.7 Å². The van der Waals surface area contributed by atoms with Gasteiger partial charge >= 0.3 is 11.8 Å². The maximum absolute atomic E-state index is 12.7. The van der Waals surface area contributed by atoms with Crippen LogP contribution in [0.5, 0.6) is 0 Å². The van der Waals surface area contributed by atoms with Gasteiger partial charge in [0.1, 0.15) is 0 Å². The third kappa shape index (κ3) is 3.13. The molecule has 0 heterocycles. The molecule has 4 heteroatoms. The average molecular weight is 296 g/mol. The Morgan fingerprint density at radius 2 is 1.50 bits per heavy atom. The molecule has 2 rings (SSSR count). The minimum absolute atomic E-state index is 0.0928. The summed E-state index contributed by atoms with van der Waals surface area (Å²) in [5.74, 6) is -3.94. The zero-order chi connectivity index (χ0) is 16.2. The summed E-state index contributed by atoms with van der Waals surface area (Å²) in [4.78, 5) is 24.5. The lowest BCUT2D eigenvalue weighted by Gasteiger charge is -2.27. The second-order valence-corrected chi connectivity index (χ2v) is 4.88. The van der Waals surface area contributed by atoms with Crippen molar-refractivity contribution in [3.8, 4) is 0 Å². The van der Waals surface area contributed by atoms with E-state index in [1.165, 1.54) is 19.1 Å². The second kappa shape index (κ2) is 6.37. The quantitative estimate of drug-likeness (QED) is 0.399. The van der Waals surface area contributed by atoms with E-state index in [1.807, 2.05) is 0 Å². The zero-order valence-corrected chi connectivity index (χ0v) is 12.2. The van der Waals surface area contributed by atoms with Crippen LogP contribution >= 0.6 is 0 Å². The highest BCUT2D eigenvalue weighted by Gasteiger charge is 2.42. The molecule has 0 radical (unpaired) electrons. The molecule has 1 unspecified atom stereocenters. The molecule has 4 nitrogen and oxygen atoms in total. The van der Waals surface area contributed by atoms with E-state index in [0.717, 1.165) is 0 Å². The van der Waals surface area contributed by atoms with E-state index >= 15 is 0 Å². The van der Waals surface area contributed by atoms with Crippen molar-refractivity contribution in [3.05, 3.63) is 83.9 Å².